The maximum atomic E-state index is 6.45. The number of hydrogen-bond acceptors (Lipinski definition) is 2. The average Bonchev–Trinajstić information content (AvgIpc) is 2.42. The SMILES string of the molecule is CCCC1CCN(CC2CC(C(C)(C)C)CCC2N)CC1. The number of likely N-dealkylation sites (tertiary alicyclic amines) is 1. The lowest BCUT2D eigenvalue weighted by Crippen LogP contribution is -2.46. The Morgan fingerprint density at radius 2 is 1.71 bits per heavy atom. The lowest BCUT2D eigenvalue weighted by molar-refractivity contribution is 0.0841. The van der Waals surface area contributed by atoms with Crippen LogP contribution in [0.15, 0.2) is 0 Å². The van der Waals surface area contributed by atoms with Crippen LogP contribution < -0.4 is 5.73 Å². The first-order valence-electron chi connectivity index (χ1n) is 9.38. The normalized spacial score (nSPS) is 33.3. The fourth-order valence-electron chi connectivity index (χ4n) is 4.48. The summed E-state index contributed by atoms with van der Waals surface area (Å²) in [6.45, 7) is 13.4. The molecule has 3 atom stereocenters. The molecule has 2 fully saturated rings. The van der Waals surface area contributed by atoms with Gasteiger partial charge in [-0.3, -0.25) is 0 Å². The zero-order chi connectivity index (χ0) is 15.5. The molecule has 1 aliphatic carbocycles. The molecule has 0 spiro atoms. The van der Waals surface area contributed by atoms with E-state index in [0.29, 0.717) is 11.5 Å². The average molecular weight is 295 g/mol. The van der Waals surface area contributed by atoms with E-state index in [1.165, 1.54) is 64.6 Å². The zero-order valence-electron chi connectivity index (χ0n) is 14.9. The topological polar surface area (TPSA) is 29.3 Å². The minimum absolute atomic E-state index is 0.442. The molecule has 1 heterocycles. The Labute approximate surface area is 132 Å². The molecule has 124 valence electrons. The quantitative estimate of drug-likeness (QED) is 0.838. The molecule has 1 aliphatic heterocycles. The number of hydrogen-bond donors (Lipinski definition) is 1. The van der Waals surface area contributed by atoms with E-state index < -0.39 is 0 Å². The summed E-state index contributed by atoms with van der Waals surface area (Å²) < 4.78 is 0. The summed E-state index contributed by atoms with van der Waals surface area (Å²) >= 11 is 0. The molecule has 2 aliphatic rings. The van der Waals surface area contributed by atoms with Gasteiger partial charge in [-0.15, -0.1) is 0 Å². The van der Waals surface area contributed by atoms with Gasteiger partial charge in [0.2, 0.25) is 0 Å². The fraction of sp³-hybridized carbons (Fsp3) is 1.00. The summed E-state index contributed by atoms with van der Waals surface area (Å²) in [7, 11) is 0. The highest BCUT2D eigenvalue weighted by Gasteiger charge is 2.35. The summed E-state index contributed by atoms with van der Waals surface area (Å²) in [6, 6.07) is 0.442. The van der Waals surface area contributed by atoms with Crippen LogP contribution in [-0.4, -0.2) is 30.6 Å². The molecule has 2 nitrogen and oxygen atoms in total. The molecule has 2 heteroatoms. The van der Waals surface area contributed by atoms with Gasteiger partial charge in [-0.25, -0.2) is 0 Å². The second kappa shape index (κ2) is 7.46. The Bertz CT molecular complexity index is 299. The van der Waals surface area contributed by atoms with Gasteiger partial charge in [-0.05, 0) is 68.4 Å². The molecule has 0 aromatic heterocycles. The van der Waals surface area contributed by atoms with Crippen LogP contribution in [0.5, 0.6) is 0 Å². The molecule has 2 N–H and O–H groups in total. The van der Waals surface area contributed by atoms with Gasteiger partial charge in [-0.1, -0.05) is 40.5 Å². The minimum atomic E-state index is 0.442. The van der Waals surface area contributed by atoms with Gasteiger partial charge in [-0.2, -0.15) is 0 Å². The van der Waals surface area contributed by atoms with E-state index in [4.69, 9.17) is 5.73 Å². The molecule has 2 rings (SSSR count). The second-order valence-corrected chi connectivity index (χ2v) is 8.83. The summed E-state index contributed by atoms with van der Waals surface area (Å²) in [5, 5.41) is 0. The summed E-state index contributed by atoms with van der Waals surface area (Å²) in [6.07, 6.45) is 9.53. The van der Waals surface area contributed by atoms with Crippen molar-refractivity contribution in [3.8, 4) is 0 Å². The molecule has 1 saturated carbocycles. The van der Waals surface area contributed by atoms with Crippen molar-refractivity contribution in [1.82, 2.24) is 4.90 Å². The Hall–Kier alpha value is -0.0800. The molecule has 0 bridgehead atoms. The number of nitrogens with two attached hydrogens (primary N) is 1. The maximum absolute atomic E-state index is 6.45. The third kappa shape index (κ3) is 4.96. The van der Waals surface area contributed by atoms with Crippen LogP contribution in [-0.2, 0) is 0 Å². The first-order valence-corrected chi connectivity index (χ1v) is 9.38. The van der Waals surface area contributed by atoms with Gasteiger partial charge >= 0.3 is 0 Å². The predicted molar refractivity (Wildman–Crippen MR) is 92.3 cm³/mol. The highest BCUT2D eigenvalue weighted by atomic mass is 15.1. The van der Waals surface area contributed by atoms with E-state index in [1.54, 1.807) is 0 Å². The van der Waals surface area contributed by atoms with Crippen molar-refractivity contribution in [2.75, 3.05) is 19.6 Å². The van der Waals surface area contributed by atoms with E-state index in [2.05, 4.69) is 32.6 Å². The first-order chi connectivity index (χ1) is 9.90. The third-order valence-electron chi connectivity index (χ3n) is 6.16. The van der Waals surface area contributed by atoms with Crippen LogP contribution in [0, 0.1) is 23.2 Å². The molecule has 0 aromatic rings. The summed E-state index contributed by atoms with van der Waals surface area (Å²) in [5.41, 5.74) is 6.90. The van der Waals surface area contributed by atoms with Gasteiger partial charge in [0.05, 0.1) is 0 Å². The molecule has 3 unspecified atom stereocenters. The van der Waals surface area contributed by atoms with Crippen LogP contribution in [0.25, 0.3) is 0 Å². The van der Waals surface area contributed by atoms with E-state index in [1.807, 2.05) is 0 Å². The molecular formula is C19H38N2. The number of piperidine rings is 1. The number of rotatable bonds is 4. The standard InChI is InChI=1S/C19H38N2/c1-5-6-15-9-11-21(12-10-15)14-16-13-17(19(2,3)4)7-8-18(16)20/h15-18H,5-14,20H2,1-4H3. The van der Waals surface area contributed by atoms with Crippen LogP contribution in [0.1, 0.15) is 72.6 Å². The largest absolute Gasteiger partial charge is 0.327 e. The highest BCUT2D eigenvalue weighted by Crippen LogP contribution is 2.40. The van der Waals surface area contributed by atoms with Crippen LogP contribution in [0.4, 0.5) is 0 Å². The Morgan fingerprint density at radius 3 is 2.29 bits per heavy atom. The summed E-state index contributed by atoms with van der Waals surface area (Å²) in [5.74, 6) is 2.58. The van der Waals surface area contributed by atoms with Gasteiger partial charge in [0.25, 0.3) is 0 Å². The third-order valence-corrected chi connectivity index (χ3v) is 6.16. The van der Waals surface area contributed by atoms with Crippen molar-refractivity contribution in [2.45, 2.75) is 78.7 Å². The first kappa shape index (κ1) is 17.3. The van der Waals surface area contributed by atoms with Crippen molar-refractivity contribution >= 4 is 0 Å². The minimum Gasteiger partial charge on any atom is -0.327 e. The van der Waals surface area contributed by atoms with Gasteiger partial charge < -0.3 is 10.6 Å². The number of nitrogens with zero attached hydrogens (tertiary/aromatic N) is 1. The molecule has 0 radical (unpaired) electrons. The molecule has 0 aromatic carbocycles. The lowest BCUT2D eigenvalue weighted by atomic mass is 9.67. The van der Waals surface area contributed by atoms with Crippen LogP contribution >= 0.6 is 0 Å². The summed E-state index contributed by atoms with van der Waals surface area (Å²) in [4.78, 5) is 2.71. The zero-order valence-corrected chi connectivity index (χ0v) is 14.9. The Morgan fingerprint density at radius 1 is 1.05 bits per heavy atom. The molecule has 21 heavy (non-hydrogen) atoms. The van der Waals surface area contributed by atoms with Crippen molar-refractivity contribution < 1.29 is 0 Å². The monoisotopic (exact) mass is 294 g/mol. The van der Waals surface area contributed by atoms with Gasteiger partial charge in [0.1, 0.15) is 0 Å². The van der Waals surface area contributed by atoms with E-state index in [-0.39, 0.29) is 0 Å². The maximum Gasteiger partial charge on any atom is 0.00795 e. The van der Waals surface area contributed by atoms with E-state index >= 15 is 0 Å². The van der Waals surface area contributed by atoms with Crippen molar-refractivity contribution in [1.29, 1.82) is 0 Å². The smallest absolute Gasteiger partial charge is 0.00795 e. The molecular weight excluding hydrogens is 256 g/mol. The van der Waals surface area contributed by atoms with Crippen LogP contribution in [0.2, 0.25) is 0 Å². The Balaban J connectivity index is 1.81. The second-order valence-electron chi connectivity index (χ2n) is 8.83. The van der Waals surface area contributed by atoms with E-state index in [9.17, 15) is 0 Å². The fourth-order valence-corrected chi connectivity index (χ4v) is 4.48. The van der Waals surface area contributed by atoms with E-state index in [0.717, 1.165) is 17.8 Å². The van der Waals surface area contributed by atoms with Gasteiger partial charge in [0, 0.05) is 12.6 Å². The van der Waals surface area contributed by atoms with Crippen molar-refractivity contribution in [2.24, 2.45) is 28.9 Å². The lowest BCUT2D eigenvalue weighted by Gasteiger charge is -2.43. The van der Waals surface area contributed by atoms with Crippen LogP contribution in [0.3, 0.4) is 0 Å². The van der Waals surface area contributed by atoms with Gasteiger partial charge in [0.15, 0.2) is 0 Å². The molecule has 1 saturated heterocycles. The van der Waals surface area contributed by atoms with Crippen molar-refractivity contribution in [3.63, 3.8) is 0 Å². The highest BCUT2D eigenvalue weighted by molar-refractivity contribution is 4.89. The molecule has 0 amide bonds. The Kier molecular flexibility index (Phi) is 6.14. The van der Waals surface area contributed by atoms with Crippen molar-refractivity contribution in [3.05, 3.63) is 0 Å². The predicted octanol–water partition coefficient (Wildman–Crippen LogP) is 4.29.